The smallest absolute Gasteiger partial charge is 0.0666 e. The van der Waals surface area contributed by atoms with Crippen molar-refractivity contribution >= 4 is 0 Å². The molecule has 1 aromatic heterocycles. The molecular weight excluding hydrogens is 162 g/mol. The lowest BCUT2D eigenvalue weighted by molar-refractivity contribution is 0.586. The van der Waals surface area contributed by atoms with Gasteiger partial charge < -0.3 is 5.32 Å². The molecule has 0 aliphatic heterocycles. The van der Waals surface area contributed by atoms with Crippen LogP contribution in [0.25, 0.3) is 0 Å². The Kier molecular flexibility index (Phi) is 3.48. The summed E-state index contributed by atoms with van der Waals surface area (Å²) >= 11 is 0. The Hall–Kier alpha value is -0.830. The minimum absolute atomic E-state index is 0.532. The first-order valence-electron chi connectivity index (χ1n) is 4.88. The van der Waals surface area contributed by atoms with E-state index in [1.807, 2.05) is 11.7 Å². The lowest BCUT2D eigenvalue weighted by Gasteiger charge is -2.06. The first kappa shape index (κ1) is 10.3. The molecule has 1 aromatic rings. The SMILES string of the molecule is CCc1nn(C)cc1CNC(C)C. The fourth-order valence-electron chi connectivity index (χ4n) is 1.34. The maximum Gasteiger partial charge on any atom is 0.0666 e. The molecule has 0 spiro atoms. The van der Waals surface area contributed by atoms with Gasteiger partial charge in [0, 0.05) is 31.4 Å². The van der Waals surface area contributed by atoms with Gasteiger partial charge >= 0.3 is 0 Å². The second kappa shape index (κ2) is 4.42. The van der Waals surface area contributed by atoms with Gasteiger partial charge in [-0.2, -0.15) is 5.10 Å². The van der Waals surface area contributed by atoms with Gasteiger partial charge in [-0.3, -0.25) is 4.68 Å². The molecule has 0 unspecified atom stereocenters. The number of hydrogen-bond donors (Lipinski definition) is 1. The second-order valence-electron chi connectivity index (χ2n) is 3.66. The standard InChI is InChI=1S/C10H19N3/c1-5-10-9(6-11-8(2)3)7-13(4)12-10/h7-8,11H,5-6H2,1-4H3. The highest BCUT2D eigenvalue weighted by Gasteiger charge is 2.05. The summed E-state index contributed by atoms with van der Waals surface area (Å²) in [7, 11) is 1.97. The number of rotatable bonds is 4. The maximum absolute atomic E-state index is 4.38. The van der Waals surface area contributed by atoms with E-state index in [0.29, 0.717) is 6.04 Å². The van der Waals surface area contributed by atoms with Crippen LogP contribution in [0.4, 0.5) is 0 Å². The van der Waals surface area contributed by atoms with Gasteiger partial charge in [0.1, 0.15) is 0 Å². The van der Waals surface area contributed by atoms with Crippen molar-refractivity contribution in [3.8, 4) is 0 Å². The highest BCUT2D eigenvalue weighted by atomic mass is 15.3. The summed E-state index contributed by atoms with van der Waals surface area (Å²) in [6.45, 7) is 7.37. The number of aryl methyl sites for hydroxylation is 2. The maximum atomic E-state index is 4.38. The highest BCUT2D eigenvalue weighted by molar-refractivity contribution is 5.16. The Morgan fingerprint density at radius 3 is 2.77 bits per heavy atom. The molecule has 0 saturated carbocycles. The Labute approximate surface area is 80.1 Å². The lowest BCUT2D eigenvalue weighted by atomic mass is 10.2. The van der Waals surface area contributed by atoms with Crippen LogP contribution in [0.1, 0.15) is 32.0 Å². The van der Waals surface area contributed by atoms with E-state index in [-0.39, 0.29) is 0 Å². The number of nitrogens with one attached hydrogen (secondary N) is 1. The molecule has 13 heavy (non-hydrogen) atoms. The zero-order chi connectivity index (χ0) is 9.84. The van der Waals surface area contributed by atoms with Gasteiger partial charge in [-0.15, -0.1) is 0 Å². The summed E-state index contributed by atoms with van der Waals surface area (Å²) in [5, 5.41) is 7.78. The minimum atomic E-state index is 0.532. The van der Waals surface area contributed by atoms with Gasteiger partial charge in [-0.05, 0) is 6.42 Å². The van der Waals surface area contributed by atoms with E-state index in [9.17, 15) is 0 Å². The molecule has 1 heterocycles. The van der Waals surface area contributed by atoms with E-state index in [4.69, 9.17) is 0 Å². The van der Waals surface area contributed by atoms with Crippen LogP contribution in [0.2, 0.25) is 0 Å². The van der Waals surface area contributed by atoms with E-state index < -0.39 is 0 Å². The molecule has 0 fully saturated rings. The van der Waals surface area contributed by atoms with Crippen LogP contribution in [-0.2, 0) is 20.0 Å². The molecular formula is C10H19N3. The second-order valence-corrected chi connectivity index (χ2v) is 3.66. The number of aromatic nitrogens is 2. The molecule has 0 saturated heterocycles. The average Bonchev–Trinajstić information content (AvgIpc) is 2.42. The van der Waals surface area contributed by atoms with Crippen LogP contribution < -0.4 is 5.32 Å². The van der Waals surface area contributed by atoms with Crippen molar-refractivity contribution in [2.45, 2.75) is 39.8 Å². The first-order chi connectivity index (χ1) is 6.13. The molecule has 0 atom stereocenters. The van der Waals surface area contributed by atoms with Crippen molar-refractivity contribution < 1.29 is 0 Å². The quantitative estimate of drug-likeness (QED) is 0.762. The van der Waals surface area contributed by atoms with E-state index >= 15 is 0 Å². The third-order valence-electron chi connectivity index (χ3n) is 2.03. The molecule has 1 N–H and O–H groups in total. The zero-order valence-electron chi connectivity index (χ0n) is 8.96. The highest BCUT2D eigenvalue weighted by Crippen LogP contribution is 2.06. The Balaban J connectivity index is 2.64. The predicted molar refractivity (Wildman–Crippen MR) is 54.6 cm³/mol. The summed E-state index contributed by atoms with van der Waals surface area (Å²) in [5.41, 5.74) is 2.52. The van der Waals surface area contributed by atoms with Crippen LogP contribution in [0.3, 0.4) is 0 Å². The van der Waals surface area contributed by atoms with Gasteiger partial charge in [0.2, 0.25) is 0 Å². The number of hydrogen-bond acceptors (Lipinski definition) is 2. The van der Waals surface area contributed by atoms with Crippen LogP contribution in [0.15, 0.2) is 6.20 Å². The Morgan fingerprint density at radius 2 is 2.23 bits per heavy atom. The van der Waals surface area contributed by atoms with Gasteiger partial charge in [-0.25, -0.2) is 0 Å². The molecule has 1 rings (SSSR count). The lowest BCUT2D eigenvalue weighted by Crippen LogP contribution is -2.22. The normalized spacial score (nSPS) is 11.2. The fraction of sp³-hybridized carbons (Fsp3) is 0.700. The summed E-state index contributed by atoms with van der Waals surface area (Å²) in [4.78, 5) is 0. The molecule has 74 valence electrons. The largest absolute Gasteiger partial charge is 0.310 e. The van der Waals surface area contributed by atoms with Crippen LogP contribution in [0, 0.1) is 0 Å². The first-order valence-corrected chi connectivity index (χ1v) is 4.88. The van der Waals surface area contributed by atoms with Crippen LogP contribution in [0.5, 0.6) is 0 Å². The molecule has 3 nitrogen and oxygen atoms in total. The van der Waals surface area contributed by atoms with Crippen molar-refractivity contribution in [3.05, 3.63) is 17.5 Å². The third kappa shape index (κ3) is 2.84. The van der Waals surface area contributed by atoms with E-state index in [0.717, 1.165) is 13.0 Å². The monoisotopic (exact) mass is 181 g/mol. The third-order valence-corrected chi connectivity index (χ3v) is 2.03. The van der Waals surface area contributed by atoms with Gasteiger partial charge in [0.15, 0.2) is 0 Å². The van der Waals surface area contributed by atoms with Crippen molar-refractivity contribution in [2.24, 2.45) is 7.05 Å². The fourth-order valence-corrected chi connectivity index (χ4v) is 1.34. The summed E-state index contributed by atoms with van der Waals surface area (Å²) in [5.74, 6) is 0. The van der Waals surface area contributed by atoms with Crippen LogP contribution >= 0.6 is 0 Å². The Morgan fingerprint density at radius 1 is 1.54 bits per heavy atom. The van der Waals surface area contributed by atoms with Gasteiger partial charge in [-0.1, -0.05) is 20.8 Å². The van der Waals surface area contributed by atoms with E-state index in [1.165, 1.54) is 11.3 Å². The minimum Gasteiger partial charge on any atom is -0.310 e. The molecule has 0 amide bonds. The van der Waals surface area contributed by atoms with Crippen molar-refractivity contribution in [1.29, 1.82) is 0 Å². The van der Waals surface area contributed by atoms with Crippen molar-refractivity contribution in [2.75, 3.05) is 0 Å². The van der Waals surface area contributed by atoms with Gasteiger partial charge in [0.05, 0.1) is 5.69 Å². The number of nitrogens with zero attached hydrogens (tertiary/aromatic N) is 2. The zero-order valence-corrected chi connectivity index (χ0v) is 8.96. The molecule has 0 aliphatic rings. The van der Waals surface area contributed by atoms with E-state index in [2.05, 4.69) is 37.4 Å². The van der Waals surface area contributed by atoms with Crippen LogP contribution in [-0.4, -0.2) is 15.8 Å². The summed E-state index contributed by atoms with van der Waals surface area (Å²) in [6, 6.07) is 0.532. The van der Waals surface area contributed by atoms with Crippen molar-refractivity contribution in [1.82, 2.24) is 15.1 Å². The summed E-state index contributed by atoms with van der Waals surface area (Å²) in [6.07, 6.45) is 3.10. The molecule has 0 aromatic carbocycles. The molecule has 0 bridgehead atoms. The molecule has 3 heteroatoms. The molecule has 0 aliphatic carbocycles. The van der Waals surface area contributed by atoms with Crippen molar-refractivity contribution in [3.63, 3.8) is 0 Å². The topological polar surface area (TPSA) is 29.9 Å². The summed E-state index contributed by atoms with van der Waals surface area (Å²) < 4.78 is 1.89. The van der Waals surface area contributed by atoms with E-state index in [1.54, 1.807) is 0 Å². The van der Waals surface area contributed by atoms with Gasteiger partial charge in [0.25, 0.3) is 0 Å². The Bertz CT molecular complexity index is 263. The molecule has 0 radical (unpaired) electrons. The average molecular weight is 181 g/mol. The predicted octanol–water partition coefficient (Wildman–Crippen LogP) is 1.48.